The standard InChI is InChI=1S/C14H29N3O/c1-11(2)9-13(10-17(3)4)16-14(18)15-12-7-5-6-8-12/h11-13H,5-10H2,1-4H3,(H2,15,16,18). The van der Waals surface area contributed by atoms with Crippen LogP contribution in [0.1, 0.15) is 46.0 Å². The molecule has 1 aliphatic carbocycles. The lowest BCUT2D eigenvalue weighted by molar-refractivity contribution is 0.225. The van der Waals surface area contributed by atoms with Crippen LogP contribution in [0.25, 0.3) is 0 Å². The van der Waals surface area contributed by atoms with E-state index < -0.39 is 0 Å². The highest BCUT2D eigenvalue weighted by molar-refractivity contribution is 5.74. The first-order chi connectivity index (χ1) is 8.47. The van der Waals surface area contributed by atoms with Crippen molar-refractivity contribution in [1.82, 2.24) is 15.5 Å². The van der Waals surface area contributed by atoms with Gasteiger partial charge in [0.15, 0.2) is 0 Å². The molecule has 0 aromatic heterocycles. The first-order valence-electron chi connectivity index (χ1n) is 7.19. The summed E-state index contributed by atoms with van der Waals surface area (Å²) in [6.45, 7) is 5.29. The quantitative estimate of drug-likeness (QED) is 0.764. The van der Waals surface area contributed by atoms with E-state index >= 15 is 0 Å². The van der Waals surface area contributed by atoms with Crippen LogP contribution in [0.15, 0.2) is 0 Å². The van der Waals surface area contributed by atoms with Crippen molar-refractivity contribution in [3.63, 3.8) is 0 Å². The van der Waals surface area contributed by atoms with E-state index in [4.69, 9.17) is 0 Å². The van der Waals surface area contributed by atoms with Crippen LogP contribution in [0.2, 0.25) is 0 Å². The Morgan fingerprint density at radius 1 is 1.28 bits per heavy atom. The average molecular weight is 255 g/mol. The number of likely N-dealkylation sites (N-methyl/N-ethyl adjacent to an activating group) is 1. The van der Waals surface area contributed by atoms with E-state index in [1.165, 1.54) is 12.8 Å². The fourth-order valence-corrected chi connectivity index (χ4v) is 2.67. The summed E-state index contributed by atoms with van der Waals surface area (Å²) < 4.78 is 0. The minimum absolute atomic E-state index is 0.00870. The number of hydrogen-bond donors (Lipinski definition) is 2. The molecule has 0 aromatic rings. The lowest BCUT2D eigenvalue weighted by Gasteiger charge is -2.25. The van der Waals surface area contributed by atoms with Crippen molar-refractivity contribution in [2.24, 2.45) is 5.92 Å². The zero-order valence-corrected chi connectivity index (χ0v) is 12.3. The second kappa shape index (κ2) is 7.62. The molecular weight excluding hydrogens is 226 g/mol. The smallest absolute Gasteiger partial charge is 0.315 e. The van der Waals surface area contributed by atoms with Crippen LogP contribution in [-0.4, -0.2) is 43.7 Å². The number of amides is 2. The van der Waals surface area contributed by atoms with Crippen molar-refractivity contribution in [2.75, 3.05) is 20.6 Å². The highest BCUT2D eigenvalue weighted by Crippen LogP contribution is 2.17. The van der Waals surface area contributed by atoms with Crippen molar-refractivity contribution in [3.8, 4) is 0 Å². The van der Waals surface area contributed by atoms with E-state index in [1.807, 2.05) is 14.1 Å². The third kappa shape index (κ3) is 6.24. The van der Waals surface area contributed by atoms with E-state index in [0.29, 0.717) is 12.0 Å². The number of hydrogen-bond acceptors (Lipinski definition) is 2. The molecule has 2 amide bonds. The second-order valence-electron chi connectivity index (χ2n) is 6.19. The fourth-order valence-electron chi connectivity index (χ4n) is 2.67. The van der Waals surface area contributed by atoms with Gasteiger partial charge in [-0.05, 0) is 39.3 Å². The van der Waals surface area contributed by atoms with E-state index in [9.17, 15) is 4.79 Å². The third-order valence-corrected chi connectivity index (χ3v) is 3.37. The van der Waals surface area contributed by atoms with Crippen molar-refractivity contribution >= 4 is 6.03 Å². The van der Waals surface area contributed by atoms with Gasteiger partial charge >= 0.3 is 6.03 Å². The zero-order valence-electron chi connectivity index (χ0n) is 12.3. The van der Waals surface area contributed by atoms with Crippen LogP contribution < -0.4 is 10.6 Å². The molecule has 0 heterocycles. The van der Waals surface area contributed by atoms with Crippen molar-refractivity contribution in [1.29, 1.82) is 0 Å². The zero-order chi connectivity index (χ0) is 13.5. The summed E-state index contributed by atoms with van der Waals surface area (Å²) in [4.78, 5) is 14.1. The topological polar surface area (TPSA) is 44.4 Å². The maximum Gasteiger partial charge on any atom is 0.315 e. The molecule has 18 heavy (non-hydrogen) atoms. The molecule has 1 saturated carbocycles. The lowest BCUT2D eigenvalue weighted by atomic mass is 10.0. The largest absolute Gasteiger partial charge is 0.335 e. The Labute approximate surface area is 111 Å². The van der Waals surface area contributed by atoms with Crippen LogP contribution >= 0.6 is 0 Å². The summed E-state index contributed by atoms with van der Waals surface area (Å²) in [7, 11) is 4.09. The molecule has 106 valence electrons. The van der Waals surface area contributed by atoms with Crippen molar-refractivity contribution in [2.45, 2.75) is 58.0 Å². The monoisotopic (exact) mass is 255 g/mol. The van der Waals surface area contributed by atoms with Gasteiger partial charge in [0.2, 0.25) is 0 Å². The SMILES string of the molecule is CC(C)CC(CN(C)C)NC(=O)NC1CCCC1. The minimum Gasteiger partial charge on any atom is -0.335 e. The maximum atomic E-state index is 11.9. The molecule has 0 aromatic carbocycles. The highest BCUT2D eigenvalue weighted by atomic mass is 16.2. The predicted molar refractivity (Wildman–Crippen MR) is 75.7 cm³/mol. The van der Waals surface area contributed by atoms with Gasteiger partial charge in [-0.15, -0.1) is 0 Å². The van der Waals surface area contributed by atoms with E-state index in [0.717, 1.165) is 25.8 Å². The van der Waals surface area contributed by atoms with Gasteiger partial charge in [0.05, 0.1) is 0 Å². The Bertz CT molecular complexity index is 237. The Kier molecular flexibility index (Phi) is 6.47. The van der Waals surface area contributed by atoms with Crippen molar-refractivity contribution in [3.05, 3.63) is 0 Å². The molecule has 1 atom stereocenters. The van der Waals surface area contributed by atoms with Crippen molar-refractivity contribution < 1.29 is 4.79 Å². The summed E-state index contributed by atoms with van der Waals surface area (Å²) in [6.07, 6.45) is 5.79. The number of nitrogens with one attached hydrogen (secondary N) is 2. The molecule has 0 bridgehead atoms. The van der Waals surface area contributed by atoms with Crippen LogP contribution in [0, 0.1) is 5.92 Å². The maximum absolute atomic E-state index is 11.9. The number of rotatable bonds is 6. The van der Waals surface area contributed by atoms with Gasteiger partial charge in [0.1, 0.15) is 0 Å². The average Bonchev–Trinajstić information content (AvgIpc) is 2.67. The summed E-state index contributed by atoms with van der Waals surface area (Å²) in [5.41, 5.74) is 0. The molecule has 0 saturated heterocycles. The summed E-state index contributed by atoms with van der Waals surface area (Å²) in [6, 6.07) is 0.639. The number of nitrogens with zero attached hydrogens (tertiary/aromatic N) is 1. The normalized spacial score (nSPS) is 18.3. The Morgan fingerprint density at radius 3 is 2.39 bits per heavy atom. The summed E-state index contributed by atoms with van der Waals surface area (Å²) in [5, 5.41) is 6.20. The molecule has 0 spiro atoms. The molecule has 2 N–H and O–H groups in total. The summed E-state index contributed by atoms with van der Waals surface area (Å²) in [5.74, 6) is 0.599. The Balaban J connectivity index is 2.35. The van der Waals surface area contributed by atoms with Gasteiger partial charge in [-0.3, -0.25) is 0 Å². The van der Waals surface area contributed by atoms with Crippen LogP contribution in [0.5, 0.6) is 0 Å². The first kappa shape index (κ1) is 15.3. The molecule has 1 aliphatic rings. The first-order valence-corrected chi connectivity index (χ1v) is 7.19. The number of carbonyl (C=O) groups is 1. The van der Waals surface area contributed by atoms with E-state index in [-0.39, 0.29) is 12.1 Å². The minimum atomic E-state index is 0.00870. The van der Waals surface area contributed by atoms with E-state index in [2.05, 4.69) is 29.4 Å². The second-order valence-corrected chi connectivity index (χ2v) is 6.19. The third-order valence-electron chi connectivity index (χ3n) is 3.37. The number of urea groups is 1. The lowest BCUT2D eigenvalue weighted by Crippen LogP contribution is -2.49. The molecular formula is C14H29N3O. The molecule has 1 unspecified atom stereocenters. The molecule has 1 fully saturated rings. The van der Waals surface area contributed by atoms with Gasteiger partial charge in [-0.25, -0.2) is 4.79 Å². The van der Waals surface area contributed by atoms with Gasteiger partial charge < -0.3 is 15.5 Å². The molecule has 0 aliphatic heterocycles. The van der Waals surface area contributed by atoms with E-state index in [1.54, 1.807) is 0 Å². The molecule has 1 rings (SSSR count). The highest BCUT2D eigenvalue weighted by Gasteiger charge is 2.19. The van der Waals surface area contributed by atoms with Crippen LogP contribution in [-0.2, 0) is 0 Å². The van der Waals surface area contributed by atoms with Gasteiger partial charge in [-0.2, -0.15) is 0 Å². The molecule has 0 radical (unpaired) electrons. The molecule has 4 nitrogen and oxygen atoms in total. The fraction of sp³-hybridized carbons (Fsp3) is 0.929. The predicted octanol–water partition coefficient (Wildman–Crippen LogP) is 2.20. The number of carbonyl (C=O) groups excluding carboxylic acids is 1. The Morgan fingerprint density at radius 2 is 1.89 bits per heavy atom. The molecule has 4 heteroatoms. The Hall–Kier alpha value is -0.770. The summed E-state index contributed by atoms with van der Waals surface area (Å²) >= 11 is 0. The van der Waals surface area contributed by atoms with Crippen LogP contribution in [0.3, 0.4) is 0 Å². The van der Waals surface area contributed by atoms with Gasteiger partial charge in [0, 0.05) is 18.6 Å². The van der Waals surface area contributed by atoms with Gasteiger partial charge in [-0.1, -0.05) is 26.7 Å². The van der Waals surface area contributed by atoms with Crippen LogP contribution in [0.4, 0.5) is 4.79 Å². The van der Waals surface area contributed by atoms with Gasteiger partial charge in [0.25, 0.3) is 0 Å².